The first-order chi connectivity index (χ1) is 16.9. The summed E-state index contributed by atoms with van der Waals surface area (Å²) in [5, 5.41) is 11.1. The van der Waals surface area contributed by atoms with E-state index < -0.39 is 5.41 Å². The number of hydrogen-bond donors (Lipinski definition) is 0. The molecule has 0 spiro atoms. The number of rotatable bonds is 9. The summed E-state index contributed by atoms with van der Waals surface area (Å²) in [6.45, 7) is 6.30. The van der Waals surface area contributed by atoms with Gasteiger partial charge in [0.05, 0.1) is 18.2 Å². The lowest BCUT2D eigenvalue weighted by atomic mass is 9.70. The highest BCUT2D eigenvalue weighted by Gasteiger charge is 2.40. The third kappa shape index (κ3) is 5.32. The summed E-state index contributed by atoms with van der Waals surface area (Å²) in [7, 11) is 1.61. The van der Waals surface area contributed by atoms with E-state index in [0.29, 0.717) is 16.5 Å². The van der Waals surface area contributed by atoms with Gasteiger partial charge in [0.25, 0.3) is 0 Å². The Hall–Kier alpha value is -3.00. The van der Waals surface area contributed by atoms with E-state index in [1.54, 1.807) is 13.2 Å². The maximum Gasteiger partial charge on any atom is 0.179 e. The van der Waals surface area contributed by atoms with Gasteiger partial charge in [-0.05, 0) is 56.4 Å². The van der Waals surface area contributed by atoms with Crippen molar-refractivity contribution < 1.29 is 9.47 Å². The van der Waals surface area contributed by atoms with Gasteiger partial charge in [-0.25, -0.2) is 0 Å². The van der Waals surface area contributed by atoms with Gasteiger partial charge < -0.3 is 9.47 Å². The van der Waals surface area contributed by atoms with Crippen molar-refractivity contribution in [1.82, 2.24) is 4.90 Å². The normalized spacial score (nSPS) is 16.6. The third-order valence-electron chi connectivity index (χ3n) is 7.27. The van der Waals surface area contributed by atoms with Crippen LogP contribution in [0.2, 0.25) is 5.02 Å². The zero-order valence-corrected chi connectivity index (χ0v) is 21.5. The van der Waals surface area contributed by atoms with Crippen molar-refractivity contribution in [3.8, 4) is 17.6 Å². The predicted octanol–water partition coefficient (Wildman–Crippen LogP) is 6.87. The van der Waals surface area contributed by atoms with Gasteiger partial charge in [-0.3, -0.25) is 4.90 Å². The Morgan fingerprint density at radius 2 is 1.57 bits per heavy atom. The number of nitriles is 1. The average Bonchev–Trinajstić information content (AvgIpc) is 3.36. The Labute approximate surface area is 214 Å². The van der Waals surface area contributed by atoms with E-state index in [0.717, 1.165) is 43.5 Å². The standard InChI is InChI=1S/C30H33ClN2O2/c1-29(2,33-20-17-25(21-33)35-27-16-10-15-26(31)28(27)34-3)18-19-30(22-32,23-11-6-4-7-12-23)24-13-8-5-9-14-24/h4-16,25H,17-21H2,1-3H3/t25-/m1/s1. The molecule has 0 bridgehead atoms. The van der Waals surface area contributed by atoms with Gasteiger partial charge in [0.15, 0.2) is 11.5 Å². The number of likely N-dealkylation sites (tertiary alicyclic amines) is 1. The Morgan fingerprint density at radius 1 is 0.943 bits per heavy atom. The van der Waals surface area contributed by atoms with Crippen LogP contribution in [-0.2, 0) is 5.41 Å². The van der Waals surface area contributed by atoms with Crippen LogP contribution in [0.5, 0.6) is 11.5 Å². The number of ether oxygens (including phenoxy) is 2. The molecule has 1 atom stereocenters. The zero-order chi connectivity index (χ0) is 24.9. The topological polar surface area (TPSA) is 45.5 Å². The fraction of sp³-hybridized carbons (Fsp3) is 0.367. The van der Waals surface area contributed by atoms with Crippen LogP contribution in [0.1, 0.15) is 44.2 Å². The average molecular weight is 489 g/mol. The Bertz CT molecular complexity index is 1120. The van der Waals surface area contributed by atoms with Crippen molar-refractivity contribution in [2.45, 2.75) is 50.2 Å². The summed E-state index contributed by atoms with van der Waals surface area (Å²) in [6, 6.07) is 28.6. The number of para-hydroxylation sites is 1. The van der Waals surface area contributed by atoms with Crippen molar-refractivity contribution in [3.05, 3.63) is 95.0 Å². The summed E-state index contributed by atoms with van der Waals surface area (Å²) in [4.78, 5) is 2.48. The number of halogens is 1. The SMILES string of the molecule is COc1c(Cl)cccc1O[C@@H]1CCN(C(C)(C)CCC(C#N)(c2ccccc2)c2ccccc2)C1. The van der Waals surface area contributed by atoms with Crippen LogP contribution >= 0.6 is 11.6 Å². The lowest BCUT2D eigenvalue weighted by molar-refractivity contribution is 0.113. The van der Waals surface area contributed by atoms with Crippen LogP contribution < -0.4 is 9.47 Å². The molecule has 3 aromatic rings. The molecule has 1 saturated heterocycles. The van der Waals surface area contributed by atoms with Crippen LogP contribution in [0.25, 0.3) is 0 Å². The fourth-order valence-corrected chi connectivity index (χ4v) is 5.31. The van der Waals surface area contributed by atoms with Gasteiger partial charge >= 0.3 is 0 Å². The summed E-state index contributed by atoms with van der Waals surface area (Å²) < 4.78 is 11.8. The van der Waals surface area contributed by atoms with Crippen LogP contribution in [0.3, 0.4) is 0 Å². The van der Waals surface area contributed by atoms with Crippen molar-refractivity contribution in [1.29, 1.82) is 5.26 Å². The van der Waals surface area contributed by atoms with E-state index in [9.17, 15) is 5.26 Å². The first-order valence-corrected chi connectivity index (χ1v) is 12.5. The van der Waals surface area contributed by atoms with Gasteiger partial charge in [-0.15, -0.1) is 0 Å². The molecule has 1 aliphatic rings. The molecule has 1 aliphatic heterocycles. The molecule has 4 nitrogen and oxygen atoms in total. The molecule has 3 aromatic carbocycles. The van der Waals surface area contributed by atoms with Crippen LogP contribution in [0.4, 0.5) is 0 Å². The molecule has 0 unspecified atom stereocenters. The molecule has 35 heavy (non-hydrogen) atoms. The van der Waals surface area contributed by atoms with Gasteiger partial charge in [0.1, 0.15) is 11.5 Å². The maximum atomic E-state index is 10.5. The summed E-state index contributed by atoms with van der Waals surface area (Å²) in [5.74, 6) is 1.26. The molecule has 0 N–H and O–H groups in total. The number of methoxy groups -OCH3 is 1. The Morgan fingerprint density at radius 3 is 2.14 bits per heavy atom. The van der Waals surface area contributed by atoms with E-state index in [2.05, 4.69) is 49.1 Å². The lowest BCUT2D eigenvalue weighted by Gasteiger charge is -2.38. The molecule has 1 heterocycles. The van der Waals surface area contributed by atoms with E-state index in [1.807, 2.05) is 48.5 Å². The quantitative estimate of drug-likeness (QED) is 0.329. The Balaban J connectivity index is 1.49. The first-order valence-electron chi connectivity index (χ1n) is 12.2. The molecule has 0 aromatic heterocycles. The smallest absolute Gasteiger partial charge is 0.179 e. The largest absolute Gasteiger partial charge is 0.491 e. The molecule has 0 aliphatic carbocycles. The van der Waals surface area contributed by atoms with Crippen molar-refractivity contribution in [2.75, 3.05) is 20.2 Å². The lowest BCUT2D eigenvalue weighted by Crippen LogP contribution is -2.44. The summed E-state index contributed by atoms with van der Waals surface area (Å²) in [6.07, 6.45) is 2.59. The van der Waals surface area contributed by atoms with Crippen LogP contribution in [0, 0.1) is 11.3 Å². The predicted molar refractivity (Wildman–Crippen MR) is 141 cm³/mol. The van der Waals surface area contributed by atoms with Crippen molar-refractivity contribution in [2.24, 2.45) is 0 Å². The minimum atomic E-state index is -0.691. The molecule has 4 rings (SSSR count). The maximum absolute atomic E-state index is 10.5. The molecular formula is C30H33ClN2O2. The second-order valence-corrected chi connectivity index (χ2v) is 10.2. The van der Waals surface area contributed by atoms with Crippen molar-refractivity contribution in [3.63, 3.8) is 0 Å². The van der Waals surface area contributed by atoms with Gasteiger partial charge in [0, 0.05) is 18.6 Å². The van der Waals surface area contributed by atoms with Crippen LogP contribution in [0.15, 0.2) is 78.9 Å². The molecule has 0 amide bonds. The highest BCUT2D eigenvalue weighted by Crippen LogP contribution is 2.40. The number of hydrogen-bond acceptors (Lipinski definition) is 4. The molecule has 1 fully saturated rings. The van der Waals surface area contributed by atoms with Gasteiger partial charge in [0.2, 0.25) is 0 Å². The molecule has 182 valence electrons. The first kappa shape index (κ1) is 25.1. The summed E-state index contributed by atoms with van der Waals surface area (Å²) in [5.41, 5.74) is 1.30. The Kier molecular flexibility index (Phi) is 7.69. The van der Waals surface area contributed by atoms with E-state index >= 15 is 0 Å². The molecule has 0 saturated carbocycles. The van der Waals surface area contributed by atoms with Crippen LogP contribution in [-0.4, -0.2) is 36.7 Å². The van der Waals surface area contributed by atoms with Gasteiger partial charge in [-0.2, -0.15) is 5.26 Å². The van der Waals surface area contributed by atoms with Crippen molar-refractivity contribution >= 4 is 11.6 Å². The zero-order valence-electron chi connectivity index (χ0n) is 20.7. The minimum absolute atomic E-state index is 0.0608. The number of nitrogens with zero attached hydrogens (tertiary/aromatic N) is 2. The monoisotopic (exact) mass is 488 g/mol. The molecule has 0 radical (unpaired) electrons. The number of benzene rings is 3. The fourth-order valence-electron chi connectivity index (χ4n) is 5.07. The highest BCUT2D eigenvalue weighted by atomic mass is 35.5. The summed E-state index contributed by atoms with van der Waals surface area (Å²) >= 11 is 6.27. The third-order valence-corrected chi connectivity index (χ3v) is 7.56. The second kappa shape index (κ2) is 10.7. The van der Waals surface area contributed by atoms with Gasteiger partial charge in [-0.1, -0.05) is 78.3 Å². The van der Waals surface area contributed by atoms with E-state index in [4.69, 9.17) is 21.1 Å². The molecule has 5 heteroatoms. The van der Waals surface area contributed by atoms with E-state index in [-0.39, 0.29) is 11.6 Å². The molecular weight excluding hydrogens is 456 g/mol. The second-order valence-electron chi connectivity index (χ2n) is 9.81. The minimum Gasteiger partial charge on any atom is -0.491 e. The van der Waals surface area contributed by atoms with E-state index in [1.165, 1.54) is 0 Å². The highest BCUT2D eigenvalue weighted by molar-refractivity contribution is 6.32.